The number of nitrogens with zero attached hydrogens (tertiary/aromatic N) is 1. The number of thiol groups is 1. The van der Waals surface area contributed by atoms with Crippen molar-refractivity contribution >= 4 is 57.8 Å². The van der Waals surface area contributed by atoms with Gasteiger partial charge in [-0.3, -0.25) is 0 Å². The Kier molecular flexibility index (Phi) is 10.8. The Bertz CT molecular complexity index is 1640. The normalized spacial score (nSPS) is 14.6. The Morgan fingerprint density at radius 3 is 2.41 bits per heavy atom. The van der Waals surface area contributed by atoms with Crippen molar-refractivity contribution < 1.29 is 50.8 Å². The van der Waals surface area contributed by atoms with Crippen LogP contribution >= 0.6 is 35.8 Å². The highest BCUT2D eigenvalue weighted by molar-refractivity contribution is 7.91. The molecule has 2 aromatic carbocycles. The van der Waals surface area contributed by atoms with Crippen LogP contribution in [0, 0.1) is 11.1 Å². The molecule has 1 aliphatic rings. The Morgan fingerprint density at radius 2 is 1.80 bits per heavy atom. The summed E-state index contributed by atoms with van der Waals surface area (Å²) in [6, 6.07) is 8.26. The van der Waals surface area contributed by atoms with Crippen molar-refractivity contribution in [2.75, 3.05) is 6.61 Å². The van der Waals surface area contributed by atoms with E-state index in [0.29, 0.717) is 4.73 Å². The molecule has 0 aliphatic heterocycles. The molecule has 1 unspecified atom stereocenters. The number of sulfonamides is 1. The van der Waals surface area contributed by atoms with E-state index in [0.717, 1.165) is 37.4 Å². The lowest BCUT2D eigenvalue weighted by Crippen LogP contribution is -2.38. The van der Waals surface area contributed by atoms with E-state index in [1.165, 1.54) is 30.3 Å². The molecule has 0 amide bonds. The first-order chi connectivity index (χ1) is 20.7. The number of carbonyl (C=O) groups excluding carboxylic acids is 1. The summed E-state index contributed by atoms with van der Waals surface area (Å²) in [5.74, 6) is -2.62. The van der Waals surface area contributed by atoms with E-state index < -0.39 is 44.9 Å². The van der Waals surface area contributed by atoms with Gasteiger partial charge in [0.1, 0.15) is 16.1 Å². The average molecular weight is 694 g/mol. The highest BCUT2D eigenvalue weighted by atomic mass is 35.5. The number of ether oxygens (including phenoxy) is 3. The van der Waals surface area contributed by atoms with Crippen LogP contribution in [0.4, 0.5) is 8.78 Å². The molecule has 1 aliphatic carbocycles. The molecular weight excluding hydrogens is 669 g/mol. The molecular formula is C27H24Cl2F2N2O9S2. The summed E-state index contributed by atoms with van der Waals surface area (Å²) in [6.07, 6.45) is 2.34. The van der Waals surface area contributed by atoms with E-state index in [2.05, 4.69) is 17.4 Å². The maximum atomic E-state index is 13.2. The molecule has 236 valence electrons. The summed E-state index contributed by atoms with van der Waals surface area (Å²) in [6.45, 7) is -2.91. The first-order valence-electron chi connectivity index (χ1n) is 12.8. The van der Waals surface area contributed by atoms with Crippen LogP contribution in [-0.4, -0.2) is 44.1 Å². The topological polar surface area (TPSA) is 155 Å². The number of carboxylic acid groups (broad SMARTS) is 1. The summed E-state index contributed by atoms with van der Waals surface area (Å²) in [5.41, 5.74) is 0.0869. The second kappa shape index (κ2) is 14.2. The number of carboxylic acids is 1. The molecule has 0 saturated heterocycles. The summed E-state index contributed by atoms with van der Waals surface area (Å²) in [4.78, 5) is 24.0. The number of esters is 1. The van der Waals surface area contributed by atoms with Crippen molar-refractivity contribution in [1.29, 1.82) is 0 Å². The van der Waals surface area contributed by atoms with Gasteiger partial charge in [0, 0.05) is 12.0 Å². The van der Waals surface area contributed by atoms with Gasteiger partial charge in [-0.25, -0.2) is 18.0 Å². The van der Waals surface area contributed by atoms with Crippen molar-refractivity contribution in [3.63, 3.8) is 0 Å². The maximum absolute atomic E-state index is 13.2. The third-order valence-electron chi connectivity index (χ3n) is 6.31. The molecule has 44 heavy (non-hydrogen) atoms. The van der Waals surface area contributed by atoms with Crippen LogP contribution in [0.15, 0.2) is 59.8 Å². The highest BCUT2D eigenvalue weighted by Crippen LogP contribution is 2.38. The molecule has 1 saturated carbocycles. The van der Waals surface area contributed by atoms with Crippen LogP contribution < -0.4 is 18.9 Å². The minimum Gasteiger partial charge on any atom is -0.619 e. The first kappa shape index (κ1) is 33.5. The molecule has 0 bridgehead atoms. The predicted molar refractivity (Wildman–Crippen MR) is 156 cm³/mol. The fraction of sp³-hybridized carbons (Fsp3) is 0.296. The molecule has 3 aromatic rings. The van der Waals surface area contributed by atoms with Crippen molar-refractivity contribution in [2.45, 2.75) is 42.2 Å². The number of aromatic nitrogens is 1. The van der Waals surface area contributed by atoms with Crippen LogP contribution in [-0.2, 0) is 26.0 Å². The number of hydrogen-bond donors (Lipinski definition) is 3. The summed E-state index contributed by atoms with van der Waals surface area (Å²) in [5, 5.41) is 19.0. The third-order valence-corrected chi connectivity index (χ3v) is 8.90. The third kappa shape index (κ3) is 8.85. The second-order valence-corrected chi connectivity index (χ2v) is 12.7. The van der Waals surface area contributed by atoms with E-state index in [4.69, 9.17) is 32.7 Å². The fourth-order valence-corrected chi connectivity index (χ4v) is 6.07. The van der Waals surface area contributed by atoms with Gasteiger partial charge in [-0.15, -0.1) is 12.6 Å². The van der Waals surface area contributed by atoms with Gasteiger partial charge in [-0.1, -0.05) is 35.3 Å². The van der Waals surface area contributed by atoms with E-state index in [9.17, 15) is 37.1 Å². The van der Waals surface area contributed by atoms with Crippen LogP contribution in [0.1, 0.15) is 40.4 Å². The molecule has 1 heterocycles. The maximum Gasteiger partial charge on any atom is 0.387 e. The number of alkyl halides is 2. The molecule has 0 radical (unpaired) electrons. The van der Waals surface area contributed by atoms with E-state index in [1.54, 1.807) is 0 Å². The lowest BCUT2D eigenvalue weighted by molar-refractivity contribution is -0.605. The van der Waals surface area contributed by atoms with Gasteiger partial charge in [0.2, 0.25) is 10.0 Å². The number of pyridine rings is 1. The Morgan fingerprint density at radius 1 is 1.11 bits per heavy atom. The van der Waals surface area contributed by atoms with Crippen molar-refractivity contribution in [3.05, 3.63) is 86.8 Å². The zero-order valence-electron chi connectivity index (χ0n) is 22.4. The van der Waals surface area contributed by atoms with Crippen LogP contribution in [0.3, 0.4) is 0 Å². The molecule has 2 N–H and O–H groups in total. The van der Waals surface area contributed by atoms with Crippen LogP contribution in [0.25, 0.3) is 0 Å². The molecule has 1 fully saturated rings. The van der Waals surface area contributed by atoms with Gasteiger partial charge >= 0.3 is 18.6 Å². The average Bonchev–Trinajstić information content (AvgIpc) is 3.78. The molecule has 11 nitrogen and oxygen atoms in total. The minimum absolute atomic E-state index is 0.0557. The van der Waals surface area contributed by atoms with Crippen molar-refractivity contribution in [1.82, 2.24) is 4.72 Å². The Balaban J connectivity index is 1.63. The second-order valence-electron chi connectivity index (χ2n) is 9.62. The van der Waals surface area contributed by atoms with E-state index in [-0.39, 0.29) is 57.2 Å². The SMILES string of the molecule is O=C(O)c1cccc(S(=O)(=O)NC(S)C(=O)O[C@@H](Cc2c(Cl)c[n+]([O-])cc2Cl)c2ccc(OC(F)F)c(OCC3CC3)c2)c1. The monoisotopic (exact) mass is 692 g/mol. The summed E-state index contributed by atoms with van der Waals surface area (Å²) in [7, 11) is -4.45. The molecule has 17 heteroatoms. The largest absolute Gasteiger partial charge is 0.619 e. The predicted octanol–water partition coefficient (Wildman–Crippen LogP) is 4.78. The lowest BCUT2D eigenvalue weighted by atomic mass is 10.0. The zero-order chi connectivity index (χ0) is 32.2. The van der Waals surface area contributed by atoms with E-state index in [1.807, 2.05) is 4.72 Å². The van der Waals surface area contributed by atoms with Gasteiger partial charge in [0.25, 0.3) is 0 Å². The number of hydrogen-bond acceptors (Lipinski definition) is 9. The minimum atomic E-state index is -4.45. The van der Waals surface area contributed by atoms with Crippen molar-refractivity contribution in [2.24, 2.45) is 5.92 Å². The van der Waals surface area contributed by atoms with Crippen LogP contribution in [0.5, 0.6) is 11.5 Å². The zero-order valence-corrected chi connectivity index (χ0v) is 25.6. The number of nitrogens with one attached hydrogen (secondary N) is 1. The number of aromatic carboxylic acids is 1. The molecule has 4 rings (SSSR count). The van der Waals surface area contributed by atoms with Gasteiger partial charge in [0.05, 0.1) is 17.1 Å². The molecule has 1 aromatic heterocycles. The molecule has 2 atom stereocenters. The van der Waals surface area contributed by atoms with Gasteiger partial charge < -0.3 is 24.5 Å². The fourth-order valence-electron chi connectivity index (χ4n) is 3.93. The van der Waals surface area contributed by atoms with Crippen molar-refractivity contribution in [3.8, 4) is 11.5 Å². The number of carbonyl (C=O) groups is 2. The van der Waals surface area contributed by atoms with E-state index >= 15 is 0 Å². The van der Waals surface area contributed by atoms with Gasteiger partial charge in [0.15, 0.2) is 29.3 Å². The summed E-state index contributed by atoms with van der Waals surface area (Å²) >= 11 is 16.5. The smallest absolute Gasteiger partial charge is 0.387 e. The van der Waals surface area contributed by atoms with Gasteiger partial charge in [-0.05, 0) is 54.7 Å². The quantitative estimate of drug-likeness (QED) is 0.0712. The Labute approximate surface area is 265 Å². The lowest BCUT2D eigenvalue weighted by Gasteiger charge is -2.23. The Hall–Kier alpha value is -3.37. The number of benzene rings is 2. The summed E-state index contributed by atoms with van der Waals surface area (Å²) < 4.78 is 70.2. The number of rotatable bonds is 14. The highest BCUT2D eigenvalue weighted by Gasteiger charge is 2.30. The van der Waals surface area contributed by atoms with Gasteiger partial charge in [-0.2, -0.15) is 18.2 Å². The van der Waals surface area contributed by atoms with Crippen LogP contribution in [0.2, 0.25) is 10.0 Å². The number of halogens is 4. The standard InChI is InChI=1S/C27H24Cl2F2N2O9S2/c28-19-11-33(37)12-20(29)18(19)10-22(15-6-7-21(42-27(30)31)23(9-15)40-13-14-4-5-14)41-26(36)24(43)32-44(38,39)17-3-1-2-16(8-17)25(34)35/h1-3,6-9,11-12,14,22,24,27,32,43H,4-5,10,13H2,(H,34,35)/t22-,24?/m0/s1. The molecule has 0 spiro atoms. The first-order valence-corrected chi connectivity index (χ1v) is 15.5.